The first-order chi connectivity index (χ1) is 7.72. The largest absolute Gasteiger partial charge is 0.312 e. The Morgan fingerprint density at radius 1 is 1.44 bits per heavy atom. The Balaban J connectivity index is 2.40. The first kappa shape index (κ1) is 11.5. The van der Waals surface area contributed by atoms with Crippen LogP contribution in [0.2, 0.25) is 5.02 Å². The predicted molar refractivity (Wildman–Crippen MR) is 67.0 cm³/mol. The number of nitrogens with zero attached hydrogens (tertiary/aromatic N) is 1. The lowest BCUT2D eigenvalue weighted by atomic mass is 10.1. The quantitative estimate of drug-likeness (QED) is 0.733. The van der Waals surface area contributed by atoms with Crippen LogP contribution in [-0.2, 0) is 11.2 Å². The molecule has 0 bridgehead atoms. The van der Waals surface area contributed by atoms with Gasteiger partial charge < -0.3 is 4.90 Å². The van der Waals surface area contributed by atoms with Gasteiger partial charge in [-0.2, -0.15) is 0 Å². The minimum atomic E-state index is 0.200. The minimum absolute atomic E-state index is 0.200. The first-order valence-electron chi connectivity index (χ1n) is 5.81. The molecule has 3 heteroatoms. The number of halogens is 1. The van der Waals surface area contributed by atoms with Gasteiger partial charge in [-0.05, 0) is 43.0 Å². The second kappa shape index (κ2) is 4.88. The molecule has 2 nitrogen and oxygen atoms in total. The van der Waals surface area contributed by atoms with Gasteiger partial charge in [-0.3, -0.25) is 4.79 Å². The maximum Gasteiger partial charge on any atom is 0.226 e. The number of aryl methyl sites for hydroxylation is 1. The zero-order valence-electron chi connectivity index (χ0n) is 9.50. The van der Waals surface area contributed by atoms with E-state index in [0.29, 0.717) is 6.42 Å². The van der Waals surface area contributed by atoms with Gasteiger partial charge in [0.25, 0.3) is 0 Å². The van der Waals surface area contributed by atoms with Crippen LogP contribution in [0.1, 0.15) is 31.7 Å². The molecule has 2 rings (SSSR count). The van der Waals surface area contributed by atoms with Crippen LogP contribution in [0.4, 0.5) is 5.69 Å². The summed E-state index contributed by atoms with van der Waals surface area (Å²) in [4.78, 5) is 13.8. The summed E-state index contributed by atoms with van der Waals surface area (Å²) in [5.74, 6) is 0.200. The van der Waals surface area contributed by atoms with Crippen molar-refractivity contribution < 1.29 is 4.79 Å². The molecule has 0 radical (unpaired) electrons. The highest BCUT2D eigenvalue weighted by atomic mass is 35.5. The number of hydrogen-bond donors (Lipinski definition) is 0. The van der Waals surface area contributed by atoms with Crippen LogP contribution in [0.3, 0.4) is 0 Å². The molecule has 0 N–H and O–H groups in total. The normalized spacial score (nSPS) is 15.5. The van der Waals surface area contributed by atoms with E-state index < -0.39 is 0 Å². The highest BCUT2D eigenvalue weighted by Crippen LogP contribution is 2.29. The summed E-state index contributed by atoms with van der Waals surface area (Å²) in [7, 11) is 0. The van der Waals surface area contributed by atoms with Crippen molar-refractivity contribution in [3.8, 4) is 0 Å². The molecule has 16 heavy (non-hydrogen) atoms. The van der Waals surface area contributed by atoms with E-state index in [9.17, 15) is 4.79 Å². The van der Waals surface area contributed by atoms with Crippen LogP contribution in [0.15, 0.2) is 18.2 Å². The molecule has 0 saturated heterocycles. The Morgan fingerprint density at radius 2 is 2.25 bits per heavy atom. The van der Waals surface area contributed by atoms with Gasteiger partial charge in [0, 0.05) is 23.7 Å². The Labute approximate surface area is 101 Å². The summed E-state index contributed by atoms with van der Waals surface area (Å²) in [6.07, 6.45) is 3.77. The average molecular weight is 238 g/mol. The highest BCUT2D eigenvalue weighted by molar-refractivity contribution is 6.30. The average Bonchev–Trinajstić information content (AvgIpc) is 2.49. The maximum absolute atomic E-state index is 11.9. The van der Waals surface area contributed by atoms with Crippen molar-refractivity contribution in [3.05, 3.63) is 28.8 Å². The van der Waals surface area contributed by atoms with Crippen LogP contribution >= 0.6 is 11.6 Å². The number of benzene rings is 1. The number of amides is 1. The van der Waals surface area contributed by atoms with E-state index in [1.807, 2.05) is 30.0 Å². The topological polar surface area (TPSA) is 20.3 Å². The maximum atomic E-state index is 11.9. The molecular formula is C13H16ClNO. The van der Waals surface area contributed by atoms with Crippen LogP contribution in [0, 0.1) is 0 Å². The van der Waals surface area contributed by atoms with Crippen molar-refractivity contribution in [2.24, 2.45) is 0 Å². The molecular weight excluding hydrogens is 222 g/mol. The van der Waals surface area contributed by atoms with E-state index in [-0.39, 0.29) is 5.91 Å². The van der Waals surface area contributed by atoms with Gasteiger partial charge in [0.2, 0.25) is 5.91 Å². The SMILES string of the molecule is CCC(=O)N1CCCCc2cc(Cl)ccc21. The Hall–Kier alpha value is -1.02. The molecule has 0 unspecified atom stereocenters. The Kier molecular flexibility index (Phi) is 3.49. The van der Waals surface area contributed by atoms with Crippen LogP contribution in [0.5, 0.6) is 0 Å². The second-order valence-corrected chi connectivity index (χ2v) is 4.57. The number of hydrogen-bond acceptors (Lipinski definition) is 1. The fourth-order valence-corrected chi connectivity index (χ4v) is 2.37. The van der Waals surface area contributed by atoms with Gasteiger partial charge >= 0.3 is 0 Å². The van der Waals surface area contributed by atoms with Gasteiger partial charge in [0.05, 0.1) is 0 Å². The lowest BCUT2D eigenvalue weighted by Crippen LogP contribution is -2.30. The molecule has 1 aliphatic rings. The molecule has 0 saturated carbocycles. The van der Waals surface area contributed by atoms with Gasteiger partial charge in [-0.1, -0.05) is 18.5 Å². The van der Waals surface area contributed by atoms with Crippen LogP contribution in [-0.4, -0.2) is 12.5 Å². The number of carbonyl (C=O) groups is 1. The third-order valence-electron chi connectivity index (χ3n) is 3.01. The molecule has 1 aromatic rings. The number of anilines is 1. The zero-order valence-corrected chi connectivity index (χ0v) is 10.3. The molecule has 0 spiro atoms. The zero-order chi connectivity index (χ0) is 11.5. The summed E-state index contributed by atoms with van der Waals surface area (Å²) in [6, 6.07) is 5.82. The molecule has 86 valence electrons. The van der Waals surface area contributed by atoms with Gasteiger partial charge in [0.15, 0.2) is 0 Å². The van der Waals surface area contributed by atoms with Crippen LogP contribution in [0.25, 0.3) is 0 Å². The van der Waals surface area contributed by atoms with Gasteiger partial charge in [-0.25, -0.2) is 0 Å². The number of fused-ring (bicyclic) bond motifs is 1. The second-order valence-electron chi connectivity index (χ2n) is 4.13. The molecule has 1 heterocycles. The van der Waals surface area contributed by atoms with Crippen molar-refractivity contribution >= 4 is 23.2 Å². The molecule has 0 aliphatic carbocycles. The highest BCUT2D eigenvalue weighted by Gasteiger charge is 2.19. The third kappa shape index (κ3) is 2.22. The van der Waals surface area contributed by atoms with E-state index in [1.54, 1.807) is 0 Å². The van der Waals surface area contributed by atoms with E-state index >= 15 is 0 Å². The fourth-order valence-electron chi connectivity index (χ4n) is 2.17. The summed E-state index contributed by atoms with van der Waals surface area (Å²) >= 11 is 5.99. The summed E-state index contributed by atoms with van der Waals surface area (Å²) in [5.41, 5.74) is 2.25. The van der Waals surface area contributed by atoms with Gasteiger partial charge in [-0.15, -0.1) is 0 Å². The Morgan fingerprint density at radius 3 is 3.00 bits per heavy atom. The van der Waals surface area contributed by atoms with E-state index in [1.165, 1.54) is 5.56 Å². The van der Waals surface area contributed by atoms with E-state index in [4.69, 9.17) is 11.6 Å². The lowest BCUT2D eigenvalue weighted by molar-refractivity contribution is -0.118. The standard InChI is InChI=1S/C13H16ClNO/c1-2-13(16)15-8-4-3-5-10-9-11(14)6-7-12(10)15/h6-7,9H,2-5,8H2,1H3. The van der Waals surface area contributed by atoms with Crippen LogP contribution < -0.4 is 4.90 Å². The van der Waals surface area contributed by atoms with Crippen molar-refractivity contribution in [3.63, 3.8) is 0 Å². The summed E-state index contributed by atoms with van der Waals surface area (Å²) in [5, 5.41) is 0.754. The van der Waals surface area contributed by atoms with Gasteiger partial charge in [0.1, 0.15) is 0 Å². The van der Waals surface area contributed by atoms with Crippen molar-refractivity contribution in [2.75, 3.05) is 11.4 Å². The van der Waals surface area contributed by atoms with Crippen molar-refractivity contribution in [1.29, 1.82) is 0 Å². The summed E-state index contributed by atoms with van der Waals surface area (Å²) in [6.45, 7) is 2.74. The monoisotopic (exact) mass is 237 g/mol. The number of carbonyl (C=O) groups excluding carboxylic acids is 1. The minimum Gasteiger partial charge on any atom is -0.312 e. The predicted octanol–water partition coefficient (Wildman–Crippen LogP) is 3.42. The van der Waals surface area contributed by atoms with Crippen molar-refractivity contribution in [1.82, 2.24) is 0 Å². The smallest absolute Gasteiger partial charge is 0.226 e. The molecule has 1 aliphatic heterocycles. The van der Waals surface area contributed by atoms with E-state index in [0.717, 1.165) is 36.5 Å². The lowest BCUT2D eigenvalue weighted by Gasteiger charge is -2.22. The first-order valence-corrected chi connectivity index (χ1v) is 6.19. The van der Waals surface area contributed by atoms with E-state index in [2.05, 4.69) is 0 Å². The number of rotatable bonds is 1. The molecule has 1 amide bonds. The molecule has 0 atom stereocenters. The van der Waals surface area contributed by atoms with Crippen molar-refractivity contribution in [2.45, 2.75) is 32.6 Å². The molecule has 0 fully saturated rings. The summed E-state index contributed by atoms with van der Waals surface area (Å²) < 4.78 is 0. The third-order valence-corrected chi connectivity index (χ3v) is 3.25. The Bertz CT molecular complexity index is 403. The molecule has 0 aromatic heterocycles. The fraction of sp³-hybridized carbons (Fsp3) is 0.462. The molecule has 1 aromatic carbocycles.